The maximum atomic E-state index is 11.3. The first-order chi connectivity index (χ1) is 9.78. The molecule has 20 heavy (non-hydrogen) atoms. The topological polar surface area (TPSA) is 38.3 Å². The number of benzene rings is 1. The summed E-state index contributed by atoms with van der Waals surface area (Å²) in [5, 5.41) is 3.61. The Morgan fingerprint density at radius 1 is 1.20 bits per heavy atom. The average Bonchev–Trinajstić information content (AvgIpc) is 2.98. The van der Waals surface area contributed by atoms with E-state index in [9.17, 15) is 4.79 Å². The van der Waals surface area contributed by atoms with E-state index in [1.54, 1.807) is 0 Å². The zero-order valence-corrected chi connectivity index (χ0v) is 12.4. The molecule has 0 aromatic heterocycles. The maximum absolute atomic E-state index is 11.3. The Morgan fingerprint density at radius 3 is 2.50 bits per heavy atom. The van der Waals surface area contributed by atoms with Crippen molar-refractivity contribution in [3.05, 3.63) is 35.4 Å². The molecule has 0 atom stereocenters. The van der Waals surface area contributed by atoms with Gasteiger partial charge < -0.3 is 10.1 Å². The highest BCUT2D eigenvalue weighted by Crippen LogP contribution is 2.18. The van der Waals surface area contributed by atoms with E-state index in [1.807, 2.05) is 6.92 Å². The minimum atomic E-state index is -0.112. The van der Waals surface area contributed by atoms with Gasteiger partial charge in [0.05, 0.1) is 6.61 Å². The summed E-state index contributed by atoms with van der Waals surface area (Å²) in [6, 6.07) is 9.25. The van der Waals surface area contributed by atoms with Gasteiger partial charge in [0.25, 0.3) is 0 Å². The van der Waals surface area contributed by atoms with Crippen molar-refractivity contribution in [3.63, 3.8) is 0 Å². The molecule has 1 saturated carbocycles. The number of rotatable bonds is 7. The zero-order chi connectivity index (χ0) is 14.2. The summed E-state index contributed by atoms with van der Waals surface area (Å²) < 4.78 is 4.93. The van der Waals surface area contributed by atoms with E-state index in [1.165, 1.54) is 36.8 Å². The molecule has 1 N–H and O–H groups in total. The molecule has 0 radical (unpaired) electrons. The fraction of sp³-hybridized carbons (Fsp3) is 0.588. The van der Waals surface area contributed by atoms with Gasteiger partial charge >= 0.3 is 5.97 Å². The summed E-state index contributed by atoms with van der Waals surface area (Å²) in [4.78, 5) is 11.3. The molecule has 110 valence electrons. The van der Waals surface area contributed by atoms with Crippen LogP contribution in [0.2, 0.25) is 0 Å². The van der Waals surface area contributed by atoms with Gasteiger partial charge in [-0.15, -0.1) is 0 Å². The van der Waals surface area contributed by atoms with Crippen LogP contribution in [-0.2, 0) is 22.5 Å². The molecule has 1 aliphatic carbocycles. The number of hydrogen-bond donors (Lipinski definition) is 1. The largest absolute Gasteiger partial charge is 0.466 e. The molecule has 0 heterocycles. The number of nitrogens with one attached hydrogen (secondary N) is 1. The Morgan fingerprint density at radius 2 is 1.85 bits per heavy atom. The van der Waals surface area contributed by atoms with E-state index in [0.717, 1.165) is 13.0 Å². The fourth-order valence-electron chi connectivity index (χ4n) is 2.70. The molecule has 0 amide bonds. The molecular formula is C17H25NO2. The summed E-state index contributed by atoms with van der Waals surface area (Å²) in [5.74, 6) is -0.112. The minimum absolute atomic E-state index is 0.112. The molecule has 0 spiro atoms. The molecule has 0 bridgehead atoms. The lowest BCUT2D eigenvalue weighted by atomic mass is 10.1. The first-order valence-electron chi connectivity index (χ1n) is 7.74. The van der Waals surface area contributed by atoms with Crippen molar-refractivity contribution in [1.82, 2.24) is 5.32 Å². The van der Waals surface area contributed by atoms with Gasteiger partial charge in [0, 0.05) is 19.0 Å². The maximum Gasteiger partial charge on any atom is 0.306 e. The van der Waals surface area contributed by atoms with Crippen LogP contribution in [0.4, 0.5) is 0 Å². The Labute approximate surface area is 121 Å². The Balaban J connectivity index is 1.72. The monoisotopic (exact) mass is 275 g/mol. The second kappa shape index (κ2) is 8.05. The Kier molecular flexibility index (Phi) is 6.06. The van der Waals surface area contributed by atoms with E-state index in [2.05, 4.69) is 29.6 Å². The number of carbonyl (C=O) groups excluding carboxylic acids is 1. The first-order valence-corrected chi connectivity index (χ1v) is 7.74. The summed E-state index contributed by atoms with van der Waals surface area (Å²) in [6.07, 6.45) is 6.59. The van der Waals surface area contributed by atoms with Crippen LogP contribution < -0.4 is 5.32 Å². The van der Waals surface area contributed by atoms with E-state index < -0.39 is 0 Å². The summed E-state index contributed by atoms with van der Waals surface area (Å²) in [7, 11) is 0. The van der Waals surface area contributed by atoms with E-state index in [4.69, 9.17) is 4.74 Å². The highest BCUT2D eigenvalue weighted by molar-refractivity contribution is 5.69. The molecule has 1 aromatic rings. The lowest BCUT2D eigenvalue weighted by Crippen LogP contribution is -2.25. The molecular weight excluding hydrogens is 250 g/mol. The fourth-order valence-corrected chi connectivity index (χ4v) is 2.70. The third kappa shape index (κ3) is 4.97. The quantitative estimate of drug-likeness (QED) is 0.777. The predicted molar refractivity (Wildman–Crippen MR) is 80.5 cm³/mol. The number of esters is 1. The molecule has 1 fully saturated rings. The molecule has 1 aromatic carbocycles. The average molecular weight is 275 g/mol. The normalized spacial score (nSPS) is 15.4. The van der Waals surface area contributed by atoms with Crippen molar-refractivity contribution in [2.45, 2.75) is 58.0 Å². The molecule has 1 aliphatic rings. The van der Waals surface area contributed by atoms with E-state index >= 15 is 0 Å². The van der Waals surface area contributed by atoms with Gasteiger partial charge in [-0.2, -0.15) is 0 Å². The lowest BCUT2D eigenvalue weighted by Gasteiger charge is -2.12. The Hall–Kier alpha value is -1.35. The van der Waals surface area contributed by atoms with Crippen molar-refractivity contribution in [3.8, 4) is 0 Å². The van der Waals surface area contributed by atoms with Crippen LogP contribution in [0.3, 0.4) is 0 Å². The number of aryl methyl sites for hydroxylation is 1. The smallest absolute Gasteiger partial charge is 0.306 e. The second-order valence-corrected chi connectivity index (χ2v) is 5.48. The molecule has 2 rings (SSSR count). The SMILES string of the molecule is CCOC(=O)CCc1ccc(CNC2CCCC2)cc1. The lowest BCUT2D eigenvalue weighted by molar-refractivity contribution is -0.143. The van der Waals surface area contributed by atoms with E-state index in [-0.39, 0.29) is 5.97 Å². The third-order valence-electron chi connectivity index (χ3n) is 3.90. The van der Waals surface area contributed by atoms with Gasteiger partial charge in [0.1, 0.15) is 0 Å². The minimum Gasteiger partial charge on any atom is -0.466 e. The highest BCUT2D eigenvalue weighted by atomic mass is 16.5. The summed E-state index contributed by atoms with van der Waals surface area (Å²) in [5.41, 5.74) is 2.51. The van der Waals surface area contributed by atoms with E-state index in [0.29, 0.717) is 19.1 Å². The van der Waals surface area contributed by atoms with Crippen molar-refractivity contribution < 1.29 is 9.53 Å². The van der Waals surface area contributed by atoms with Crippen molar-refractivity contribution in [2.75, 3.05) is 6.61 Å². The molecule has 0 saturated heterocycles. The molecule has 3 heteroatoms. The molecule has 0 unspecified atom stereocenters. The van der Waals surface area contributed by atoms with Crippen molar-refractivity contribution in [2.24, 2.45) is 0 Å². The van der Waals surface area contributed by atoms with Gasteiger partial charge in [-0.1, -0.05) is 37.1 Å². The van der Waals surface area contributed by atoms with Gasteiger partial charge in [0.15, 0.2) is 0 Å². The zero-order valence-electron chi connectivity index (χ0n) is 12.4. The number of ether oxygens (including phenoxy) is 1. The van der Waals surface area contributed by atoms with Gasteiger partial charge in [-0.25, -0.2) is 0 Å². The summed E-state index contributed by atoms with van der Waals surface area (Å²) >= 11 is 0. The van der Waals surface area contributed by atoms with Crippen molar-refractivity contribution >= 4 is 5.97 Å². The Bertz CT molecular complexity index is 408. The van der Waals surface area contributed by atoms with Crippen LogP contribution in [0.5, 0.6) is 0 Å². The number of carbonyl (C=O) groups is 1. The van der Waals surface area contributed by atoms with Crippen LogP contribution in [-0.4, -0.2) is 18.6 Å². The first kappa shape index (κ1) is 15.0. The van der Waals surface area contributed by atoms with Gasteiger partial charge in [-0.3, -0.25) is 4.79 Å². The van der Waals surface area contributed by atoms with Crippen LogP contribution in [0.1, 0.15) is 50.2 Å². The predicted octanol–water partition coefficient (Wildman–Crippen LogP) is 3.21. The number of hydrogen-bond acceptors (Lipinski definition) is 3. The highest BCUT2D eigenvalue weighted by Gasteiger charge is 2.13. The third-order valence-corrected chi connectivity index (χ3v) is 3.90. The van der Waals surface area contributed by atoms with Crippen LogP contribution >= 0.6 is 0 Å². The second-order valence-electron chi connectivity index (χ2n) is 5.48. The molecule has 0 aliphatic heterocycles. The van der Waals surface area contributed by atoms with Gasteiger partial charge in [0.2, 0.25) is 0 Å². The standard InChI is InChI=1S/C17H25NO2/c1-2-20-17(19)12-11-14-7-9-15(10-8-14)13-18-16-5-3-4-6-16/h7-10,16,18H,2-6,11-13H2,1H3. The summed E-state index contributed by atoms with van der Waals surface area (Å²) in [6.45, 7) is 3.25. The van der Waals surface area contributed by atoms with Gasteiger partial charge in [-0.05, 0) is 37.3 Å². The van der Waals surface area contributed by atoms with Crippen LogP contribution in [0, 0.1) is 0 Å². The van der Waals surface area contributed by atoms with Crippen LogP contribution in [0.15, 0.2) is 24.3 Å². The van der Waals surface area contributed by atoms with Crippen molar-refractivity contribution in [1.29, 1.82) is 0 Å². The molecule has 3 nitrogen and oxygen atoms in total. The van der Waals surface area contributed by atoms with Crippen LogP contribution in [0.25, 0.3) is 0 Å².